The molecule has 0 aliphatic rings. The van der Waals surface area contributed by atoms with E-state index in [9.17, 15) is 9.59 Å². The molecule has 0 aromatic heterocycles. The third-order valence-corrected chi connectivity index (χ3v) is 2.49. The van der Waals surface area contributed by atoms with Gasteiger partial charge in [-0.25, -0.2) is 10.3 Å². The van der Waals surface area contributed by atoms with Crippen LogP contribution in [-0.4, -0.2) is 23.5 Å². The first-order chi connectivity index (χ1) is 9.78. The van der Waals surface area contributed by atoms with Gasteiger partial charge in [0.05, 0.1) is 6.61 Å². The van der Waals surface area contributed by atoms with Crippen LogP contribution in [0.3, 0.4) is 0 Å². The van der Waals surface area contributed by atoms with Gasteiger partial charge in [0.2, 0.25) is 5.91 Å². The Morgan fingerprint density at radius 2 is 1.81 bits per heavy atom. The lowest BCUT2D eigenvalue weighted by Gasteiger charge is -2.23. The summed E-state index contributed by atoms with van der Waals surface area (Å²) >= 11 is 0. The molecule has 116 valence electrons. The maximum atomic E-state index is 11.8. The molecule has 3 N–H and O–H groups in total. The Hall–Kier alpha value is -2.08. The van der Waals surface area contributed by atoms with Crippen molar-refractivity contribution >= 4 is 11.9 Å². The van der Waals surface area contributed by atoms with Crippen molar-refractivity contribution in [1.29, 1.82) is 0 Å². The molecule has 0 fully saturated rings. The largest absolute Gasteiger partial charge is 0.350 e. The number of nitrogens with one attached hydrogen (secondary N) is 3. The van der Waals surface area contributed by atoms with Crippen LogP contribution in [0.2, 0.25) is 0 Å². The average molecular weight is 293 g/mol. The molecule has 0 spiro atoms. The van der Waals surface area contributed by atoms with Gasteiger partial charge in [-0.3, -0.25) is 9.63 Å². The second-order valence-electron chi connectivity index (χ2n) is 5.81. The molecule has 0 aliphatic heterocycles. The van der Waals surface area contributed by atoms with Crippen LogP contribution in [0.15, 0.2) is 30.3 Å². The molecule has 0 radical (unpaired) electrons. The third-order valence-electron chi connectivity index (χ3n) is 2.49. The van der Waals surface area contributed by atoms with E-state index in [1.165, 1.54) is 0 Å². The SMILES string of the molecule is C[C@@H](NC(=O)NOCc1ccccc1)C(=O)NC(C)(C)C. The summed E-state index contributed by atoms with van der Waals surface area (Å²) in [5.74, 6) is -0.249. The third kappa shape index (κ3) is 7.31. The highest BCUT2D eigenvalue weighted by Crippen LogP contribution is 2.00. The highest BCUT2D eigenvalue weighted by Gasteiger charge is 2.20. The molecule has 0 heterocycles. The minimum Gasteiger partial charge on any atom is -0.350 e. The fourth-order valence-corrected chi connectivity index (χ4v) is 1.53. The number of urea groups is 1. The minimum atomic E-state index is -0.649. The molecule has 1 rings (SSSR count). The second kappa shape index (κ2) is 7.64. The zero-order chi connectivity index (χ0) is 15.9. The maximum absolute atomic E-state index is 11.8. The zero-order valence-corrected chi connectivity index (χ0v) is 12.9. The number of amides is 3. The highest BCUT2D eigenvalue weighted by atomic mass is 16.7. The molecule has 0 bridgehead atoms. The van der Waals surface area contributed by atoms with Gasteiger partial charge >= 0.3 is 6.03 Å². The molecule has 0 unspecified atom stereocenters. The molecule has 1 atom stereocenters. The molecule has 0 saturated heterocycles. The fourth-order valence-electron chi connectivity index (χ4n) is 1.53. The Morgan fingerprint density at radius 1 is 1.19 bits per heavy atom. The smallest absolute Gasteiger partial charge is 0.339 e. The van der Waals surface area contributed by atoms with Gasteiger partial charge in [0, 0.05) is 5.54 Å². The summed E-state index contributed by atoms with van der Waals surface area (Å²) in [5.41, 5.74) is 2.85. The lowest BCUT2D eigenvalue weighted by atomic mass is 10.1. The van der Waals surface area contributed by atoms with Gasteiger partial charge in [-0.05, 0) is 33.3 Å². The first-order valence-corrected chi connectivity index (χ1v) is 6.82. The Morgan fingerprint density at radius 3 is 2.38 bits per heavy atom. The van der Waals surface area contributed by atoms with Gasteiger partial charge in [-0.2, -0.15) is 0 Å². The number of carbonyl (C=O) groups excluding carboxylic acids is 2. The van der Waals surface area contributed by atoms with Crippen LogP contribution in [0, 0.1) is 0 Å². The molecule has 0 saturated carbocycles. The number of rotatable bonds is 5. The summed E-state index contributed by atoms with van der Waals surface area (Å²) in [6.45, 7) is 7.50. The Balaban J connectivity index is 2.28. The summed E-state index contributed by atoms with van der Waals surface area (Å²) < 4.78 is 0. The zero-order valence-electron chi connectivity index (χ0n) is 12.9. The first kappa shape index (κ1) is 17.0. The molecule has 6 nitrogen and oxygen atoms in total. The van der Waals surface area contributed by atoms with Crippen molar-refractivity contribution in [2.75, 3.05) is 0 Å². The van der Waals surface area contributed by atoms with Crippen LogP contribution in [0.1, 0.15) is 33.3 Å². The van der Waals surface area contributed by atoms with E-state index in [0.29, 0.717) is 0 Å². The number of hydrogen-bond acceptors (Lipinski definition) is 3. The van der Waals surface area contributed by atoms with Crippen molar-refractivity contribution in [1.82, 2.24) is 16.1 Å². The van der Waals surface area contributed by atoms with Gasteiger partial charge in [0.1, 0.15) is 6.04 Å². The van der Waals surface area contributed by atoms with E-state index in [0.717, 1.165) is 5.56 Å². The Bertz CT molecular complexity index is 469. The van der Waals surface area contributed by atoms with Crippen molar-refractivity contribution < 1.29 is 14.4 Å². The molecule has 1 aromatic carbocycles. The lowest BCUT2D eigenvalue weighted by molar-refractivity contribution is -0.124. The molecule has 1 aromatic rings. The molecule has 3 amide bonds. The summed E-state index contributed by atoms with van der Waals surface area (Å²) in [7, 11) is 0. The van der Waals surface area contributed by atoms with E-state index in [-0.39, 0.29) is 18.1 Å². The van der Waals surface area contributed by atoms with Crippen molar-refractivity contribution in [3.63, 3.8) is 0 Å². The lowest BCUT2D eigenvalue weighted by Crippen LogP contribution is -2.52. The topological polar surface area (TPSA) is 79.5 Å². The molecule has 0 aliphatic carbocycles. The Kier molecular flexibility index (Phi) is 6.17. The quantitative estimate of drug-likeness (QED) is 0.723. The predicted molar refractivity (Wildman–Crippen MR) is 80.3 cm³/mol. The highest BCUT2D eigenvalue weighted by molar-refractivity contribution is 5.86. The standard InChI is InChI=1S/C15H23N3O3/c1-11(13(19)17-15(2,3)4)16-14(20)18-21-10-12-8-6-5-7-9-12/h5-9,11H,10H2,1-4H3,(H,17,19)(H2,16,18,20)/t11-/m1/s1. The fraction of sp³-hybridized carbons (Fsp3) is 0.467. The van der Waals surface area contributed by atoms with Gasteiger partial charge in [0.25, 0.3) is 0 Å². The summed E-state index contributed by atoms with van der Waals surface area (Å²) in [6.07, 6.45) is 0. The van der Waals surface area contributed by atoms with Crippen molar-refractivity contribution in [2.45, 2.75) is 45.9 Å². The number of hydrogen-bond donors (Lipinski definition) is 3. The maximum Gasteiger partial charge on any atom is 0.339 e. The Labute approximate surface area is 125 Å². The van der Waals surface area contributed by atoms with Crippen molar-refractivity contribution in [3.05, 3.63) is 35.9 Å². The molecule has 6 heteroatoms. The number of carbonyl (C=O) groups is 2. The first-order valence-electron chi connectivity index (χ1n) is 6.82. The van der Waals surface area contributed by atoms with Crippen LogP contribution in [0.4, 0.5) is 4.79 Å². The average Bonchev–Trinajstić information content (AvgIpc) is 2.37. The van der Waals surface area contributed by atoms with E-state index in [1.54, 1.807) is 6.92 Å². The van der Waals surface area contributed by atoms with E-state index in [4.69, 9.17) is 4.84 Å². The van der Waals surface area contributed by atoms with Crippen LogP contribution in [0.5, 0.6) is 0 Å². The van der Waals surface area contributed by atoms with E-state index in [1.807, 2.05) is 51.1 Å². The van der Waals surface area contributed by atoms with Crippen LogP contribution < -0.4 is 16.1 Å². The van der Waals surface area contributed by atoms with Crippen molar-refractivity contribution in [3.8, 4) is 0 Å². The van der Waals surface area contributed by atoms with Crippen LogP contribution in [-0.2, 0) is 16.2 Å². The molecule has 21 heavy (non-hydrogen) atoms. The number of hydroxylamine groups is 1. The molecular weight excluding hydrogens is 270 g/mol. The van der Waals surface area contributed by atoms with Gasteiger partial charge in [0.15, 0.2) is 0 Å². The van der Waals surface area contributed by atoms with Gasteiger partial charge in [-0.1, -0.05) is 30.3 Å². The number of benzene rings is 1. The second-order valence-corrected chi connectivity index (χ2v) is 5.81. The predicted octanol–water partition coefficient (Wildman–Crippen LogP) is 1.72. The normalized spacial score (nSPS) is 12.4. The van der Waals surface area contributed by atoms with Gasteiger partial charge < -0.3 is 10.6 Å². The minimum absolute atomic E-state index is 0.249. The molecular formula is C15H23N3O3. The van der Waals surface area contributed by atoms with Gasteiger partial charge in [-0.15, -0.1) is 0 Å². The summed E-state index contributed by atoms with van der Waals surface area (Å²) in [6, 6.07) is 8.25. The van der Waals surface area contributed by atoms with Crippen LogP contribution in [0.25, 0.3) is 0 Å². The summed E-state index contributed by atoms with van der Waals surface area (Å²) in [4.78, 5) is 28.5. The van der Waals surface area contributed by atoms with E-state index < -0.39 is 12.1 Å². The van der Waals surface area contributed by atoms with E-state index >= 15 is 0 Å². The monoisotopic (exact) mass is 293 g/mol. The summed E-state index contributed by atoms with van der Waals surface area (Å²) in [5, 5.41) is 5.29. The van der Waals surface area contributed by atoms with E-state index in [2.05, 4.69) is 16.1 Å². The van der Waals surface area contributed by atoms with Crippen molar-refractivity contribution in [2.24, 2.45) is 0 Å². The van der Waals surface area contributed by atoms with Crippen LogP contribution >= 0.6 is 0 Å².